The molecule has 2 fully saturated rings. The number of ether oxygens (including phenoxy) is 1. The lowest BCUT2D eigenvalue weighted by atomic mass is 9.94. The minimum Gasteiger partial charge on any atom is -0.489 e. The van der Waals surface area contributed by atoms with E-state index in [1.807, 2.05) is 30.3 Å². The Kier molecular flexibility index (Phi) is 6.50. The molecule has 0 aromatic heterocycles. The van der Waals surface area contributed by atoms with Crippen LogP contribution in [0.2, 0.25) is 0 Å². The number of nitrogens with one attached hydrogen (secondary N) is 1. The highest BCUT2D eigenvalue weighted by Gasteiger charge is 2.36. The largest absolute Gasteiger partial charge is 0.489 e. The van der Waals surface area contributed by atoms with Crippen LogP contribution in [0.15, 0.2) is 54.2 Å². The maximum Gasteiger partial charge on any atom is 0.276 e. The average Bonchev–Trinajstić information content (AvgIpc) is 3.02. The van der Waals surface area contributed by atoms with Crippen LogP contribution in [0.5, 0.6) is 5.75 Å². The Morgan fingerprint density at radius 1 is 1.07 bits per heavy atom. The Morgan fingerprint density at radius 2 is 1.76 bits per heavy atom. The summed E-state index contributed by atoms with van der Waals surface area (Å²) in [7, 11) is 0. The summed E-state index contributed by atoms with van der Waals surface area (Å²) in [6.07, 6.45) is 7.51. The molecule has 29 heavy (non-hydrogen) atoms. The van der Waals surface area contributed by atoms with Crippen molar-refractivity contribution in [2.45, 2.75) is 44.8 Å². The van der Waals surface area contributed by atoms with Gasteiger partial charge in [0.1, 0.15) is 18.1 Å². The van der Waals surface area contributed by atoms with Gasteiger partial charge >= 0.3 is 0 Å². The van der Waals surface area contributed by atoms with Gasteiger partial charge in [-0.05, 0) is 89.1 Å². The van der Waals surface area contributed by atoms with Crippen molar-refractivity contribution in [3.8, 4) is 5.75 Å². The van der Waals surface area contributed by atoms with Gasteiger partial charge in [0.15, 0.2) is 5.11 Å². The minimum absolute atomic E-state index is 0.0130. The number of benzene rings is 2. The van der Waals surface area contributed by atoms with Gasteiger partial charge in [-0.1, -0.05) is 43.5 Å². The van der Waals surface area contributed by atoms with Crippen LogP contribution in [0, 0.1) is 3.57 Å². The molecule has 4 nitrogen and oxygen atoms in total. The van der Waals surface area contributed by atoms with Crippen molar-refractivity contribution in [3.05, 3.63) is 68.9 Å². The van der Waals surface area contributed by atoms with Gasteiger partial charge in [-0.3, -0.25) is 9.69 Å². The number of amides is 1. The Labute approximate surface area is 190 Å². The van der Waals surface area contributed by atoms with E-state index in [4.69, 9.17) is 17.0 Å². The molecular formula is C23H23IN2O2S. The summed E-state index contributed by atoms with van der Waals surface area (Å²) in [4.78, 5) is 14.6. The Bertz CT molecular complexity index is 919. The molecule has 4 rings (SSSR count). The molecule has 2 aromatic carbocycles. The van der Waals surface area contributed by atoms with Crippen LogP contribution in [0.4, 0.5) is 0 Å². The lowest BCUT2D eigenvalue weighted by Crippen LogP contribution is -2.41. The third-order valence-electron chi connectivity index (χ3n) is 5.36. The normalized spacial score (nSPS) is 18.9. The summed E-state index contributed by atoms with van der Waals surface area (Å²) >= 11 is 7.72. The molecule has 1 aliphatic heterocycles. The predicted molar refractivity (Wildman–Crippen MR) is 127 cm³/mol. The number of hydrogen-bond acceptors (Lipinski definition) is 3. The topological polar surface area (TPSA) is 41.6 Å². The van der Waals surface area contributed by atoms with E-state index in [1.165, 1.54) is 22.8 Å². The molecule has 0 spiro atoms. The van der Waals surface area contributed by atoms with Gasteiger partial charge in [-0.2, -0.15) is 0 Å². The molecule has 0 unspecified atom stereocenters. The summed E-state index contributed by atoms with van der Waals surface area (Å²) in [6, 6.07) is 16.3. The molecule has 0 bridgehead atoms. The highest BCUT2D eigenvalue weighted by molar-refractivity contribution is 14.1. The van der Waals surface area contributed by atoms with Crippen LogP contribution >= 0.6 is 34.8 Å². The first-order valence-corrected chi connectivity index (χ1v) is 11.4. The van der Waals surface area contributed by atoms with Gasteiger partial charge in [0, 0.05) is 9.61 Å². The molecule has 2 aromatic rings. The second-order valence-corrected chi connectivity index (χ2v) is 9.07. The van der Waals surface area contributed by atoms with Gasteiger partial charge in [0.05, 0.1) is 0 Å². The van der Waals surface area contributed by atoms with Crippen molar-refractivity contribution in [3.63, 3.8) is 0 Å². The summed E-state index contributed by atoms with van der Waals surface area (Å²) in [5.74, 6) is 0.789. The van der Waals surface area contributed by atoms with E-state index < -0.39 is 0 Å². The van der Waals surface area contributed by atoms with E-state index in [0.717, 1.165) is 29.7 Å². The second kappa shape index (κ2) is 9.26. The third kappa shape index (κ3) is 4.98. The molecule has 2 aliphatic rings. The minimum atomic E-state index is -0.0130. The van der Waals surface area contributed by atoms with E-state index >= 15 is 0 Å². The zero-order valence-electron chi connectivity index (χ0n) is 16.1. The quantitative estimate of drug-likeness (QED) is 0.333. The fourth-order valence-corrected chi connectivity index (χ4v) is 4.50. The lowest BCUT2D eigenvalue weighted by molar-refractivity contribution is -0.124. The zero-order chi connectivity index (χ0) is 20.2. The molecular weight excluding hydrogens is 495 g/mol. The molecule has 6 heteroatoms. The number of nitrogens with zero attached hydrogens (tertiary/aromatic N) is 1. The van der Waals surface area contributed by atoms with Crippen molar-refractivity contribution in [1.29, 1.82) is 0 Å². The number of carbonyl (C=O) groups is 1. The van der Waals surface area contributed by atoms with Gasteiger partial charge in [0.2, 0.25) is 0 Å². The SMILES string of the molecule is O=C1/C(=C/c2ccc(OCc3ccc(I)cc3)cc2)NC(=S)N1C1CCCCC1. The standard InChI is InChI=1S/C23H23IN2O2S/c24-18-10-6-17(7-11-18)15-28-20-12-8-16(9-13-20)14-21-22(27)26(23(29)25-21)19-4-2-1-3-5-19/h6-14,19H,1-5,15H2,(H,25,29)/b21-14-. The summed E-state index contributed by atoms with van der Waals surface area (Å²) in [5, 5.41) is 3.64. The smallest absolute Gasteiger partial charge is 0.276 e. The number of rotatable bonds is 5. The molecule has 1 saturated heterocycles. The third-order valence-corrected chi connectivity index (χ3v) is 6.38. The van der Waals surface area contributed by atoms with Gasteiger partial charge in [-0.15, -0.1) is 0 Å². The van der Waals surface area contributed by atoms with Crippen molar-refractivity contribution >= 4 is 51.9 Å². The van der Waals surface area contributed by atoms with Gasteiger partial charge in [0.25, 0.3) is 5.91 Å². The molecule has 1 N–H and O–H groups in total. The second-order valence-electron chi connectivity index (χ2n) is 7.44. The number of carbonyl (C=O) groups excluding carboxylic acids is 1. The van der Waals surface area contributed by atoms with E-state index in [0.29, 0.717) is 17.4 Å². The predicted octanol–water partition coefficient (Wildman–Crippen LogP) is 5.26. The van der Waals surface area contributed by atoms with Crippen LogP contribution < -0.4 is 10.1 Å². The first-order chi connectivity index (χ1) is 14.1. The summed E-state index contributed by atoms with van der Waals surface area (Å²) in [6.45, 7) is 0.530. The molecule has 1 saturated carbocycles. The summed E-state index contributed by atoms with van der Waals surface area (Å²) < 4.78 is 7.07. The molecule has 1 amide bonds. The van der Waals surface area contributed by atoms with Crippen LogP contribution in [0.1, 0.15) is 43.2 Å². The van der Waals surface area contributed by atoms with E-state index in [9.17, 15) is 4.79 Å². The van der Waals surface area contributed by atoms with Gasteiger partial charge in [-0.25, -0.2) is 0 Å². The van der Waals surface area contributed by atoms with Crippen LogP contribution in [-0.4, -0.2) is 22.0 Å². The molecule has 150 valence electrons. The van der Waals surface area contributed by atoms with Crippen molar-refractivity contribution in [2.24, 2.45) is 0 Å². The highest BCUT2D eigenvalue weighted by Crippen LogP contribution is 2.27. The fourth-order valence-electron chi connectivity index (χ4n) is 3.79. The van der Waals surface area contributed by atoms with Crippen molar-refractivity contribution in [1.82, 2.24) is 10.2 Å². The van der Waals surface area contributed by atoms with Crippen LogP contribution in [-0.2, 0) is 11.4 Å². The first-order valence-electron chi connectivity index (χ1n) is 9.94. The lowest BCUT2D eigenvalue weighted by Gasteiger charge is -2.29. The van der Waals surface area contributed by atoms with E-state index in [1.54, 1.807) is 4.90 Å². The summed E-state index contributed by atoms with van der Waals surface area (Å²) in [5.41, 5.74) is 2.62. The Hall–Kier alpha value is -1.93. The maximum atomic E-state index is 12.9. The first kappa shape index (κ1) is 20.3. The van der Waals surface area contributed by atoms with Crippen molar-refractivity contribution < 1.29 is 9.53 Å². The van der Waals surface area contributed by atoms with Crippen LogP contribution in [0.25, 0.3) is 6.08 Å². The molecule has 0 atom stereocenters. The van der Waals surface area contributed by atoms with Crippen molar-refractivity contribution in [2.75, 3.05) is 0 Å². The molecule has 0 radical (unpaired) electrons. The fraction of sp³-hybridized carbons (Fsp3) is 0.304. The molecule has 1 aliphatic carbocycles. The monoisotopic (exact) mass is 518 g/mol. The van der Waals surface area contributed by atoms with Gasteiger partial charge < -0.3 is 10.1 Å². The van der Waals surface area contributed by atoms with E-state index in [2.05, 4.69) is 52.2 Å². The molecule has 1 heterocycles. The Balaban J connectivity index is 1.39. The Morgan fingerprint density at radius 3 is 2.45 bits per heavy atom. The average molecular weight is 518 g/mol. The number of thiocarbonyl (C=S) groups is 1. The highest BCUT2D eigenvalue weighted by atomic mass is 127. The van der Waals surface area contributed by atoms with Crippen LogP contribution in [0.3, 0.4) is 0 Å². The zero-order valence-corrected chi connectivity index (χ0v) is 19.0. The number of halogens is 1. The number of hydrogen-bond donors (Lipinski definition) is 1. The maximum absolute atomic E-state index is 12.9. The van der Waals surface area contributed by atoms with E-state index in [-0.39, 0.29) is 11.9 Å².